The largest absolute Gasteiger partial charge is 0.379 e. The number of nitrogens with zero attached hydrogens (tertiary/aromatic N) is 1. The zero-order valence-electron chi connectivity index (χ0n) is 10.7. The van der Waals surface area contributed by atoms with Crippen molar-refractivity contribution in [3.63, 3.8) is 0 Å². The van der Waals surface area contributed by atoms with Gasteiger partial charge in [0, 0.05) is 19.1 Å². The average Bonchev–Trinajstić information content (AvgIpc) is 2.83. The van der Waals surface area contributed by atoms with Crippen molar-refractivity contribution in [3.05, 3.63) is 35.4 Å². The van der Waals surface area contributed by atoms with Crippen molar-refractivity contribution < 1.29 is 13.2 Å². The molecule has 5 nitrogen and oxygen atoms in total. The summed E-state index contributed by atoms with van der Waals surface area (Å²) in [5, 5.41) is 0. The third-order valence-corrected chi connectivity index (χ3v) is 5.36. The van der Waals surface area contributed by atoms with E-state index in [1.54, 1.807) is 0 Å². The molecule has 1 aromatic rings. The molecule has 1 unspecified atom stereocenters. The molecule has 0 bridgehead atoms. The number of nitrogens with one attached hydrogen (secondary N) is 1. The van der Waals surface area contributed by atoms with Gasteiger partial charge in [0.2, 0.25) is 0 Å². The van der Waals surface area contributed by atoms with Crippen LogP contribution in [0.4, 0.5) is 0 Å². The second kappa shape index (κ2) is 5.20. The summed E-state index contributed by atoms with van der Waals surface area (Å²) in [6.07, 6.45) is 1.77. The molecule has 0 radical (unpaired) electrons. The molecule has 1 aliphatic carbocycles. The van der Waals surface area contributed by atoms with Gasteiger partial charge in [-0.2, -0.15) is 17.4 Å². The second-order valence-corrected chi connectivity index (χ2v) is 6.63. The predicted molar refractivity (Wildman–Crippen MR) is 72.0 cm³/mol. The predicted octanol–water partition coefficient (Wildman–Crippen LogP) is 0.841. The molecule has 0 spiro atoms. The van der Waals surface area contributed by atoms with Crippen LogP contribution in [-0.4, -0.2) is 39.0 Å². The van der Waals surface area contributed by atoms with E-state index in [1.165, 1.54) is 9.87 Å². The van der Waals surface area contributed by atoms with Crippen molar-refractivity contribution in [2.24, 2.45) is 0 Å². The second-order valence-electron chi connectivity index (χ2n) is 4.92. The molecule has 1 atom stereocenters. The smallest absolute Gasteiger partial charge is 0.280 e. The Morgan fingerprint density at radius 2 is 1.95 bits per heavy atom. The first-order chi connectivity index (χ1) is 9.17. The summed E-state index contributed by atoms with van der Waals surface area (Å²) in [4.78, 5) is 0. The van der Waals surface area contributed by atoms with Crippen LogP contribution in [0.15, 0.2) is 24.3 Å². The molecule has 2 aliphatic rings. The van der Waals surface area contributed by atoms with Crippen LogP contribution in [0, 0.1) is 0 Å². The third-order valence-electron chi connectivity index (χ3n) is 3.73. The van der Waals surface area contributed by atoms with Crippen LogP contribution in [0.3, 0.4) is 0 Å². The van der Waals surface area contributed by atoms with E-state index in [4.69, 9.17) is 4.74 Å². The summed E-state index contributed by atoms with van der Waals surface area (Å²) in [6.45, 7) is 1.82. The minimum absolute atomic E-state index is 0.0935. The fourth-order valence-corrected chi connectivity index (χ4v) is 4.10. The number of aryl methyl sites for hydroxylation is 1. The van der Waals surface area contributed by atoms with Crippen molar-refractivity contribution in [2.45, 2.75) is 18.9 Å². The highest BCUT2D eigenvalue weighted by Crippen LogP contribution is 2.31. The topological polar surface area (TPSA) is 58.6 Å². The van der Waals surface area contributed by atoms with Crippen molar-refractivity contribution in [2.75, 3.05) is 26.3 Å². The zero-order chi connectivity index (χ0) is 13.3. The molecule has 19 heavy (non-hydrogen) atoms. The Bertz CT molecular complexity index is 553. The highest BCUT2D eigenvalue weighted by molar-refractivity contribution is 7.87. The zero-order valence-corrected chi connectivity index (χ0v) is 11.5. The summed E-state index contributed by atoms with van der Waals surface area (Å²) in [5.41, 5.74) is 2.36. The van der Waals surface area contributed by atoms with Crippen molar-refractivity contribution in [1.82, 2.24) is 9.03 Å². The fraction of sp³-hybridized carbons (Fsp3) is 0.538. The lowest BCUT2D eigenvalue weighted by Gasteiger charge is -2.27. The van der Waals surface area contributed by atoms with Gasteiger partial charge in [-0.15, -0.1) is 0 Å². The molecule has 0 aromatic heterocycles. The summed E-state index contributed by atoms with van der Waals surface area (Å²) in [6, 6.07) is 7.94. The Balaban J connectivity index is 1.75. The lowest BCUT2D eigenvalue weighted by Crippen LogP contribution is -2.47. The standard InChI is InChI=1S/C13H18N2O3S/c16-19(17,15-7-9-18-10-8-15)14-13-6-5-11-3-1-2-4-12(11)13/h1-4,13-14H,5-10H2. The van der Waals surface area contributed by atoms with Gasteiger partial charge in [0.15, 0.2) is 0 Å². The van der Waals surface area contributed by atoms with Crippen molar-refractivity contribution >= 4 is 10.2 Å². The van der Waals surface area contributed by atoms with Crippen LogP contribution in [0.25, 0.3) is 0 Å². The molecule has 1 aliphatic heterocycles. The number of morpholine rings is 1. The molecule has 1 fully saturated rings. The van der Waals surface area contributed by atoms with E-state index >= 15 is 0 Å². The first-order valence-corrected chi connectivity index (χ1v) is 8.04. The molecule has 1 aromatic carbocycles. The number of ether oxygens (including phenoxy) is 1. The summed E-state index contributed by atoms with van der Waals surface area (Å²) < 4.78 is 34.1. The molecular formula is C13H18N2O3S. The Morgan fingerprint density at radius 1 is 1.21 bits per heavy atom. The maximum absolute atomic E-state index is 12.3. The normalized spacial score (nSPS) is 24.3. The van der Waals surface area contributed by atoms with Crippen LogP contribution >= 0.6 is 0 Å². The van der Waals surface area contributed by atoms with Gasteiger partial charge < -0.3 is 4.74 Å². The van der Waals surface area contributed by atoms with Crippen LogP contribution in [0.1, 0.15) is 23.6 Å². The van der Waals surface area contributed by atoms with Gasteiger partial charge in [-0.25, -0.2) is 0 Å². The average molecular weight is 282 g/mol. The van der Waals surface area contributed by atoms with E-state index < -0.39 is 10.2 Å². The number of fused-ring (bicyclic) bond motifs is 1. The Morgan fingerprint density at radius 3 is 2.74 bits per heavy atom. The highest BCUT2D eigenvalue weighted by Gasteiger charge is 2.30. The molecule has 1 heterocycles. The van der Waals surface area contributed by atoms with Crippen LogP contribution in [0.2, 0.25) is 0 Å². The number of rotatable bonds is 3. The molecule has 1 N–H and O–H groups in total. The quantitative estimate of drug-likeness (QED) is 0.894. The molecule has 0 amide bonds. The van der Waals surface area contributed by atoms with E-state index in [0.29, 0.717) is 26.3 Å². The highest BCUT2D eigenvalue weighted by atomic mass is 32.2. The molecule has 104 valence electrons. The van der Waals surface area contributed by atoms with E-state index in [0.717, 1.165) is 18.4 Å². The molecule has 0 saturated carbocycles. The van der Waals surface area contributed by atoms with E-state index in [-0.39, 0.29) is 6.04 Å². The van der Waals surface area contributed by atoms with Gasteiger partial charge in [-0.05, 0) is 24.0 Å². The Labute approximate surface area is 113 Å². The van der Waals surface area contributed by atoms with Gasteiger partial charge in [0.1, 0.15) is 0 Å². The van der Waals surface area contributed by atoms with E-state index in [9.17, 15) is 8.42 Å². The minimum atomic E-state index is -3.41. The third kappa shape index (κ3) is 2.67. The lowest BCUT2D eigenvalue weighted by atomic mass is 10.1. The molecule has 3 rings (SSSR count). The van der Waals surface area contributed by atoms with E-state index in [1.807, 2.05) is 18.2 Å². The lowest BCUT2D eigenvalue weighted by molar-refractivity contribution is 0.0723. The first-order valence-electron chi connectivity index (χ1n) is 6.60. The first kappa shape index (κ1) is 13.1. The van der Waals surface area contributed by atoms with Crippen LogP contribution in [-0.2, 0) is 21.4 Å². The van der Waals surface area contributed by atoms with Crippen LogP contribution < -0.4 is 4.72 Å². The van der Waals surface area contributed by atoms with Gasteiger partial charge in [0.25, 0.3) is 10.2 Å². The van der Waals surface area contributed by atoms with E-state index in [2.05, 4.69) is 10.8 Å². The monoisotopic (exact) mass is 282 g/mol. The SMILES string of the molecule is O=S(=O)(NC1CCc2ccccc21)N1CCOCC1. The number of benzene rings is 1. The fourth-order valence-electron chi connectivity index (χ4n) is 2.72. The number of hydrogen-bond donors (Lipinski definition) is 1. The van der Waals surface area contributed by atoms with Gasteiger partial charge in [-0.1, -0.05) is 24.3 Å². The van der Waals surface area contributed by atoms with Crippen LogP contribution in [0.5, 0.6) is 0 Å². The molecule has 1 saturated heterocycles. The van der Waals surface area contributed by atoms with Crippen molar-refractivity contribution in [3.8, 4) is 0 Å². The number of hydrogen-bond acceptors (Lipinski definition) is 3. The molecule has 6 heteroatoms. The molecular weight excluding hydrogens is 264 g/mol. The summed E-state index contributed by atoms with van der Waals surface area (Å²) >= 11 is 0. The Kier molecular flexibility index (Phi) is 3.58. The van der Waals surface area contributed by atoms with Gasteiger partial charge in [-0.3, -0.25) is 0 Å². The van der Waals surface area contributed by atoms with Gasteiger partial charge >= 0.3 is 0 Å². The summed E-state index contributed by atoms with van der Waals surface area (Å²) in [5.74, 6) is 0. The van der Waals surface area contributed by atoms with Gasteiger partial charge in [0.05, 0.1) is 13.2 Å². The van der Waals surface area contributed by atoms with Crippen molar-refractivity contribution in [1.29, 1.82) is 0 Å². The Hall–Kier alpha value is -0.950. The minimum Gasteiger partial charge on any atom is -0.379 e. The maximum Gasteiger partial charge on any atom is 0.280 e. The maximum atomic E-state index is 12.3. The summed E-state index contributed by atoms with van der Waals surface area (Å²) in [7, 11) is -3.41.